The molecule has 2 aliphatic heterocycles. The van der Waals surface area contributed by atoms with E-state index in [4.69, 9.17) is 4.74 Å². The van der Waals surface area contributed by atoms with Gasteiger partial charge in [-0.25, -0.2) is 0 Å². The third-order valence-corrected chi connectivity index (χ3v) is 7.22. The van der Waals surface area contributed by atoms with E-state index in [1.165, 1.54) is 44.1 Å². The van der Waals surface area contributed by atoms with E-state index in [0.29, 0.717) is 17.3 Å². The molecule has 0 aromatic rings. The summed E-state index contributed by atoms with van der Waals surface area (Å²) in [4.78, 5) is 15.0. The number of hydrogen-bond donors (Lipinski definition) is 0. The molecule has 2 aliphatic carbocycles. The summed E-state index contributed by atoms with van der Waals surface area (Å²) in [6, 6.07) is 0. The Morgan fingerprint density at radius 1 is 1.26 bits per heavy atom. The van der Waals surface area contributed by atoms with Crippen LogP contribution in [0.2, 0.25) is 0 Å². The van der Waals surface area contributed by atoms with E-state index in [1.807, 2.05) is 0 Å². The van der Waals surface area contributed by atoms with Crippen molar-refractivity contribution in [3.05, 3.63) is 12.2 Å². The zero-order valence-corrected chi connectivity index (χ0v) is 14.6. The minimum Gasteiger partial charge on any atom is -0.462 e. The van der Waals surface area contributed by atoms with E-state index in [-0.39, 0.29) is 18.0 Å². The molecule has 2 saturated heterocycles. The lowest BCUT2D eigenvalue weighted by molar-refractivity contribution is -0.146. The SMILES string of the molecule is C=C1CCC[C@]2(C)C[C@H]3OC(=O)[C@@H](CN4CCCCC4)[C@H]3C[C@@H]12. The minimum absolute atomic E-state index is 0.0819. The molecule has 3 nitrogen and oxygen atoms in total. The zero-order chi connectivity index (χ0) is 16.0. The van der Waals surface area contributed by atoms with Gasteiger partial charge in [0, 0.05) is 12.5 Å². The molecule has 0 N–H and O–H groups in total. The number of allylic oxidation sites excluding steroid dienone is 1. The predicted molar refractivity (Wildman–Crippen MR) is 91.0 cm³/mol. The molecule has 0 aromatic carbocycles. The Hall–Kier alpha value is -0.830. The minimum atomic E-state index is 0.0819. The molecule has 4 aliphatic rings. The van der Waals surface area contributed by atoms with Crippen LogP contribution in [0.4, 0.5) is 0 Å². The van der Waals surface area contributed by atoms with Gasteiger partial charge in [0.1, 0.15) is 6.10 Å². The highest BCUT2D eigenvalue weighted by Crippen LogP contribution is 2.56. The molecular weight excluding hydrogens is 286 g/mol. The van der Waals surface area contributed by atoms with Crippen LogP contribution >= 0.6 is 0 Å². The van der Waals surface area contributed by atoms with Gasteiger partial charge in [0.05, 0.1) is 5.92 Å². The lowest BCUT2D eigenvalue weighted by Gasteiger charge is -2.50. The molecule has 23 heavy (non-hydrogen) atoms. The fraction of sp³-hybridized carbons (Fsp3) is 0.850. The summed E-state index contributed by atoms with van der Waals surface area (Å²) in [6.45, 7) is 10.0. The number of esters is 1. The average Bonchev–Trinajstić information content (AvgIpc) is 2.81. The summed E-state index contributed by atoms with van der Waals surface area (Å²) in [5.74, 6) is 1.23. The number of likely N-dealkylation sites (tertiary alicyclic amines) is 1. The van der Waals surface area contributed by atoms with Crippen molar-refractivity contribution in [2.24, 2.45) is 23.2 Å². The van der Waals surface area contributed by atoms with E-state index in [0.717, 1.165) is 32.5 Å². The van der Waals surface area contributed by atoms with E-state index in [2.05, 4.69) is 18.4 Å². The molecule has 0 unspecified atom stereocenters. The van der Waals surface area contributed by atoms with Gasteiger partial charge in [0.2, 0.25) is 0 Å². The summed E-state index contributed by atoms with van der Waals surface area (Å²) in [5.41, 5.74) is 1.75. The Bertz CT molecular complexity index is 496. The van der Waals surface area contributed by atoms with E-state index in [1.54, 1.807) is 0 Å². The maximum atomic E-state index is 12.5. The van der Waals surface area contributed by atoms with Gasteiger partial charge >= 0.3 is 5.97 Å². The molecule has 0 spiro atoms. The molecule has 0 aromatic heterocycles. The second-order valence-electron chi connectivity index (χ2n) is 8.77. The van der Waals surface area contributed by atoms with Crippen LogP contribution in [-0.4, -0.2) is 36.6 Å². The quantitative estimate of drug-likeness (QED) is 0.573. The highest BCUT2D eigenvalue weighted by atomic mass is 16.6. The van der Waals surface area contributed by atoms with E-state index in [9.17, 15) is 4.79 Å². The second kappa shape index (κ2) is 5.91. The molecular formula is C20H31NO2. The van der Waals surface area contributed by atoms with Crippen LogP contribution in [0.1, 0.15) is 58.3 Å². The first-order chi connectivity index (χ1) is 11.1. The van der Waals surface area contributed by atoms with Gasteiger partial charge in [-0.2, -0.15) is 0 Å². The first-order valence-corrected chi connectivity index (χ1v) is 9.67. The topological polar surface area (TPSA) is 29.5 Å². The fourth-order valence-electron chi connectivity index (χ4n) is 5.88. The van der Waals surface area contributed by atoms with Gasteiger partial charge in [-0.15, -0.1) is 0 Å². The van der Waals surface area contributed by atoms with Crippen molar-refractivity contribution in [2.45, 2.75) is 64.4 Å². The van der Waals surface area contributed by atoms with Gasteiger partial charge in [-0.05, 0) is 69.4 Å². The average molecular weight is 317 g/mol. The summed E-state index contributed by atoms with van der Waals surface area (Å²) in [7, 11) is 0. The third-order valence-electron chi connectivity index (χ3n) is 7.22. The summed E-state index contributed by atoms with van der Waals surface area (Å²) in [6.07, 6.45) is 9.99. The molecule has 4 fully saturated rings. The maximum absolute atomic E-state index is 12.5. The van der Waals surface area contributed by atoms with E-state index >= 15 is 0 Å². The van der Waals surface area contributed by atoms with Crippen LogP contribution in [0, 0.1) is 23.2 Å². The van der Waals surface area contributed by atoms with Gasteiger partial charge in [-0.3, -0.25) is 4.79 Å². The summed E-state index contributed by atoms with van der Waals surface area (Å²) in [5, 5.41) is 0. The molecule has 128 valence electrons. The Morgan fingerprint density at radius 2 is 2.04 bits per heavy atom. The fourth-order valence-corrected chi connectivity index (χ4v) is 5.88. The lowest BCUT2D eigenvalue weighted by atomic mass is 9.55. The number of nitrogens with zero attached hydrogens (tertiary/aromatic N) is 1. The molecule has 3 heteroatoms. The van der Waals surface area contributed by atoms with Crippen molar-refractivity contribution in [1.82, 2.24) is 4.90 Å². The molecule has 5 atom stereocenters. The van der Waals surface area contributed by atoms with Crippen molar-refractivity contribution in [3.63, 3.8) is 0 Å². The normalized spacial score (nSPS) is 44.6. The first kappa shape index (κ1) is 15.7. The van der Waals surface area contributed by atoms with Crippen LogP contribution in [-0.2, 0) is 9.53 Å². The van der Waals surface area contributed by atoms with Crippen LogP contribution in [0.3, 0.4) is 0 Å². The Labute approximate surface area is 140 Å². The predicted octanol–water partition coefficient (Wildman–Crippen LogP) is 3.79. The maximum Gasteiger partial charge on any atom is 0.310 e. The first-order valence-electron chi connectivity index (χ1n) is 9.67. The van der Waals surface area contributed by atoms with Crippen molar-refractivity contribution in [2.75, 3.05) is 19.6 Å². The van der Waals surface area contributed by atoms with Crippen LogP contribution < -0.4 is 0 Å². The van der Waals surface area contributed by atoms with Crippen molar-refractivity contribution in [1.29, 1.82) is 0 Å². The van der Waals surface area contributed by atoms with Crippen LogP contribution in [0.25, 0.3) is 0 Å². The molecule has 2 saturated carbocycles. The van der Waals surface area contributed by atoms with Crippen molar-refractivity contribution in [3.8, 4) is 0 Å². The highest BCUT2D eigenvalue weighted by molar-refractivity contribution is 5.75. The highest BCUT2D eigenvalue weighted by Gasteiger charge is 2.55. The lowest BCUT2D eigenvalue weighted by Crippen LogP contribution is -2.46. The Kier molecular flexibility index (Phi) is 4.03. The molecule has 0 amide bonds. The number of hydrogen-bond acceptors (Lipinski definition) is 3. The Balaban J connectivity index is 1.50. The van der Waals surface area contributed by atoms with Gasteiger partial charge in [0.15, 0.2) is 0 Å². The third kappa shape index (κ3) is 2.75. The van der Waals surface area contributed by atoms with Crippen molar-refractivity contribution >= 4 is 5.97 Å². The second-order valence-corrected chi connectivity index (χ2v) is 8.77. The van der Waals surface area contributed by atoms with E-state index < -0.39 is 0 Å². The number of ether oxygens (including phenoxy) is 1. The van der Waals surface area contributed by atoms with Crippen LogP contribution in [0.5, 0.6) is 0 Å². The number of piperidine rings is 1. The molecule has 4 rings (SSSR count). The molecule has 0 radical (unpaired) electrons. The smallest absolute Gasteiger partial charge is 0.310 e. The van der Waals surface area contributed by atoms with Gasteiger partial charge in [-0.1, -0.05) is 25.5 Å². The van der Waals surface area contributed by atoms with Gasteiger partial charge < -0.3 is 9.64 Å². The standard InChI is InChI=1S/C20H31NO2/c1-14-7-6-8-20(2)12-18-15(11-17(14)20)16(19(22)23-18)13-21-9-4-3-5-10-21/h15-18H,1,3-13H2,2H3/t15-,16+,17+,18-,20-/m1/s1. The van der Waals surface area contributed by atoms with Crippen molar-refractivity contribution < 1.29 is 9.53 Å². The summed E-state index contributed by atoms with van der Waals surface area (Å²) < 4.78 is 5.87. The monoisotopic (exact) mass is 317 g/mol. The Morgan fingerprint density at radius 3 is 2.83 bits per heavy atom. The number of carbonyl (C=O) groups is 1. The zero-order valence-electron chi connectivity index (χ0n) is 14.6. The number of rotatable bonds is 2. The molecule has 2 heterocycles. The summed E-state index contributed by atoms with van der Waals surface area (Å²) >= 11 is 0. The largest absolute Gasteiger partial charge is 0.462 e. The van der Waals surface area contributed by atoms with Crippen LogP contribution in [0.15, 0.2) is 12.2 Å². The molecule has 0 bridgehead atoms. The number of fused-ring (bicyclic) bond motifs is 2. The van der Waals surface area contributed by atoms with Gasteiger partial charge in [0.25, 0.3) is 0 Å². The number of carbonyl (C=O) groups excluding carboxylic acids is 1.